The Morgan fingerprint density at radius 3 is 2.73 bits per heavy atom. The fourth-order valence-electron chi connectivity index (χ4n) is 4.10. The van der Waals surface area contributed by atoms with Gasteiger partial charge in [-0.15, -0.1) is 0 Å². The number of morpholine rings is 1. The first-order valence-electron chi connectivity index (χ1n) is 11.7. The van der Waals surface area contributed by atoms with Gasteiger partial charge in [-0.25, -0.2) is 0 Å². The molecule has 0 spiro atoms. The van der Waals surface area contributed by atoms with Crippen molar-refractivity contribution in [3.8, 4) is 5.75 Å². The molecule has 0 N–H and O–H groups in total. The van der Waals surface area contributed by atoms with Crippen LogP contribution in [0.15, 0.2) is 24.3 Å². The van der Waals surface area contributed by atoms with Gasteiger partial charge in [-0.2, -0.15) is 0 Å². The van der Waals surface area contributed by atoms with Crippen molar-refractivity contribution in [2.75, 3.05) is 79.8 Å². The summed E-state index contributed by atoms with van der Waals surface area (Å²) in [7, 11) is 4.27. The Bertz CT molecular complexity index is 587. The summed E-state index contributed by atoms with van der Waals surface area (Å²) in [6, 6.07) is 8.62. The van der Waals surface area contributed by atoms with E-state index in [0.29, 0.717) is 6.10 Å². The van der Waals surface area contributed by atoms with Crippen molar-refractivity contribution in [1.82, 2.24) is 14.7 Å². The van der Waals surface area contributed by atoms with Crippen molar-refractivity contribution in [3.05, 3.63) is 29.8 Å². The number of benzene rings is 1. The highest BCUT2D eigenvalue weighted by molar-refractivity contribution is 5.28. The first-order chi connectivity index (χ1) is 14.7. The molecule has 1 atom stereocenters. The zero-order chi connectivity index (χ0) is 21.0. The number of hydrogen-bond donors (Lipinski definition) is 0. The van der Waals surface area contributed by atoms with Gasteiger partial charge in [0.1, 0.15) is 5.75 Å². The van der Waals surface area contributed by atoms with Crippen LogP contribution >= 0.6 is 0 Å². The van der Waals surface area contributed by atoms with Gasteiger partial charge < -0.3 is 19.1 Å². The molecule has 0 aliphatic carbocycles. The van der Waals surface area contributed by atoms with Crippen LogP contribution in [0.2, 0.25) is 0 Å². The molecule has 0 saturated carbocycles. The normalized spacial score (nSPS) is 20.3. The van der Waals surface area contributed by atoms with Crippen molar-refractivity contribution in [2.45, 2.75) is 38.3 Å². The lowest BCUT2D eigenvalue weighted by Gasteiger charge is -2.27. The largest absolute Gasteiger partial charge is 0.494 e. The van der Waals surface area contributed by atoms with Gasteiger partial charge >= 0.3 is 0 Å². The first kappa shape index (κ1) is 23.5. The van der Waals surface area contributed by atoms with Crippen molar-refractivity contribution in [2.24, 2.45) is 0 Å². The quantitative estimate of drug-likeness (QED) is 0.458. The highest BCUT2D eigenvalue weighted by Gasteiger charge is 2.19. The number of hydrogen-bond acceptors (Lipinski definition) is 6. The lowest BCUT2D eigenvalue weighted by atomic mass is 10.1. The van der Waals surface area contributed by atoms with Crippen molar-refractivity contribution < 1.29 is 14.2 Å². The van der Waals surface area contributed by atoms with E-state index in [-0.39, 0.29) is 0 Å². The molecule has 1 aromatic carbocycles. The maximum absolute atomic E-state index is 6.05. The molecule has 6 heteroatoms. The third-order valence-electron chi connectivity index (χ3n) is 5.90. The van der Waals surface area contributed by atoms with Crippen LogP contribution in [0.1, 0.15) is 31.2 Å². The molecule has 0 amide bonds. The minimum absolute atomic E-state index is 0.387. The van der Waals surface area contributed by atoms with E-state index >= 15 is 0 Å². The summed E-state index contributed by atoms with van der Waals surface area (Å²) in [5.41, 5.74) is 1.32. The monoisotopic (exact) mass is 419 g/mol. The fraction of sp³-hybridized carbons (Fsp3) is 0.750. The summed E-state index contributed by atoms with van der Waals surface area (Å²) >= 11 is 0. The average Bonchev–Trinajstić information content (AvgIpc) is 3.26. The maximum Gasteiger partial charge on any atom is 0.119 e. The third-order valence-corrected chi connectivity index (χ3v) is 5.90. The van der Waals surface area contributed by atoms with Crippen molar-refractivity contribution >= 4 is 0 Å². The summed E-state index contributed by atoms with van der Waals surface area (Å²) in [6.45, 7) is 10.8. The first-order valence-corrected chi connectivity index (χ1v) is 11.7. The Labute approximate surface area is 183 Å². The molecule has 2 aliphatic rings. The van der Waals surface area contributed by atoms with E-state index in [2.05, 4.69) is 53.1 Å². The third kappa shape index (κ3) is 8.90. The highest BCUT2D eigenvalue weighted by atomic mass is 16.5. The van der Waals surface area contributed by atoms with E-state index in [1.54, 1.807) is 0 Å². The van der Waals surface area contributed by atoms with Gasteiger partial charge in [0.2, 0.25) is 0 Å². The maximum atomic E-state index is 6.05. The molecule has 30 heavy (non-hydrogen) atoms. The van der Waals surface area contributed by atoms with Gasteiger partial charge in [0, 0.05) is 45.9 Å². The van der Waals surface area contributed by atoms with E-state index in [1.807, 2.05) is 0 Å². The standard InChI is InChI=1S/C24H41N3O3/c1-25(2)11-12-27(21-24-9-6-16-30-24)20-22-7-5-8-23(19-22)29-15-4-3-10-26-13-17-28-18-14-26/h5,7-8,19,24H,3-4,6,9-18,20-21H2,1-2H3. The molecule has 3 rings (SSSR count). The molecule has 1 unspecified atom stereocenters. The number of unbranched alkanes of at least 4 members (excludes halogenated alkanes) is 1. The van der Waals surface area contributed by atoms with Crippen LogP contribution in [0.4, 0.5) is 0 Å². The molecule has 2 saturated heterocycles. The Morgan fingerprint density at radius 2 is 1.97 bits per heavy atom. The topological polar surface area (TPSA) is 37.4 Å². The van der Waals surface area contributed by atoms with Crippen LogP contribution in [-0.2, 0) is 16.0 Å². The lowest BCUT2D eigenvalue weighted by Crippen LogP contribution is -2.36. The van der Waals surface area contributed by atoms with Crippen LogP contribution in [0.5, 0.6) is 5.75 Å². The van der Waals surface area contributed by atoms with Crippen LogP contribution in [-0.4, -0.2) is 101 Å². The fourth-order valence-corrected chi connectivity index (χ4v) is 4.10. The van der Waals surface area contributed by atoms with Crippen LogP contribution in [0, 0.1) is 0 Å². The number of rotatable bonds is 13. The molecule has 170 valence electrons. The molecule has 0 bridgehead atoms. The highest BCUT2D eigenvalue weighted by Crippen LogP contribution is 2.18. The summed E-state index contributed by atoms with van der Waals surface area (Å²) in [5.74, 6) is 0.989. The smallest absolute Gasteiger partial charge is 0.119 e. The SMILES string of the molecule is CN(C)CCN(Cc1cccc(OCCCCN2CCOCC2)c1)CC1CCCO1. The van der Waals surface area contributed by atoms with Gasteiger partial charge in [-0.3, -0.25) is 9.80 Å². The minimum atomic E-state index is 0.387. The zero-order valence-corrected chi connectivity index (χ0v) is 19.1. The second-order valence-corrected chi connectivity index (χ2v) is 8.83. The molecule has 2 fully saturated rings. The van der Waals surface area contributed by atoms with Crippen LogP contribution in [0.25, 0.3) is 0 Å². The minimum Gasteiger partial charge on any atom is -0.494 e. The van der Waals surface area contributed by atoms with E-state index in [1.165, 1.54) is 24.8 Å². The predicted molar refractivity (Wildman–Crippen MR) is 121 cm³/mol. The average molecular weight is 420 g/mol. The van der Waals surface area contributed by atoms with Gasteiger partial charge in [0.25, 0.3) is 0 Å². The summed E-state index contributed by atoms with van der Waals surface area (Å²) in [6.07, 6.45) is 5.04. The van der Waals surface area contributed by atoms with Crippen LogP contribution < -0.4 is 4.74 Å². The Morgan fingerprint density at radius 1 is 1.10 bits per heavy atom. The second-order valence-electron chi connectivity index (χ2n) is 8.83. The lowest BCUT2D eigenvalue weighted by molar-refractivity contribution is 0.0368. The van der Waals surface area contributed by atoms with Crippen molar-refractivity contribution in [3.63, 3.8) is 0 Å². The zero-order valence-electron chi connectivity index (χ0n) is 19.1. The molecular formula is C24H41N3O3. The van der Waals surface area contributed by atoms with E-state index in [4.69, 9.17) is 14.2 Å². The molecule has 1 aromatic rings. The number of ether oxygens (including phenoxy) is 3. The molecule has 0 aromatic heterocycles. The van der Waals surface area contributed by atoms with Gasteiger partial charge in [0.15, 0.2) is 0 Å². The molecule has 2 aliphatic heterocycles. The second kappa shape index (κ2) is 13.3. The Balaban J connectivity index is 1.41. The van der Waals surface area contributed by atoms with Gasteiger partial charge in [-0.1, -0.05) is 12.1 Å². The van der Waals surface area contributed by atoms with E-state index < -0.39 is 0 Å². The molecular weight excluding hydrogens is 378 g/mol. The van der Waals surface area contributed by atoms with E-state index in [0.717, 1.165) is 84.4 Å². The number of nitrogens with zero attached hydrogens (tertiary/aromatic N) is 3. The van der Waals surface area contributed by atoms with Crippen molar-refractivity contribution in [1.29, 1.82) is 0 Å². The molecule has 2 heterocycles. The van der Waals surface area contributed by atoms with Gasteiger partial charge in [0.05, 0.1) is 25.9 Å². The van der Waals surface area contributed by atoms with Gasteiger partial charge in [-0.05, 0) is 64.0 Å². The van der Waals surface area contributed by atoms with Crippen LogP contribution in [0.3, 0.4) is 0 Å². The summed E-state index contributed by atoms with van der Waals surface area (Å²) in [4.78, 5) is 7.26. The Hall–Kier alpha value is -1.18. The summed E-state index contributed by atoms with van der Waals surface area (Å²) in [5, 5.41) is 0. The Kier molecular flexibility index (Phi) is 10.4. The summed E-state index contributed by atoms with van der Waals surface area (Å²) < 4.78 is 17.3. The predicted octanol–water partition coefficient (Wildman–Crippen LogP) is 2.72. The van der Waals surface area contributed by atoms with E-state index in [9.17, 15) is 0 Å². The number of likely N-dealkylation sites (N-methyl/N-ethyl adjacent to an activating group) is 1. The molecule has 6 nitrogen and oxygen atoms in total. The molecule has 0 radical (unpaired) electrons.